The van der Waals surface area contributed by atoms with Crippen LogP contribution in [0.25, 0.3) is 33.6 Å². The Bertz CT molecular complexity index is 1380. The lowest BCUT2D eigenvalue weighted by Gasteiger charge is -2.08. The van der Waals surface area contributed by atoms with Crippen molar-refractivity contribution in [2.24, 2.45) is 0 Å². The first-order valence-electron chi connectivity index (χ1n) is 9.92. The average molecular weight is 471 g/mol. The Labute approximate surface area is 192 Å². The number of halogens is 3. The van der Waals surface area contributed by atoms with Crippen LogP contribution in [0.5, 0.6) is 0 Å². The Morgan fingerprint density at radius 2 is 1.79 bits per heavy atom. The van der Waals surface area contributed by atoms with Crippen LogP contribution in [-0.2, 0) is 4.74 Å². The van der Waals surface area contributed by atoms with E-state index in [4.69, 9.17) is 20.8 Å². The molecule has 2 aromatic heterocycles. The van der Waals surface area contributed by atoms with E-state index >= 15 is 0 Å². The molecule has 0 unspecified atom stereocenters. The van der Waals surface area contributed by atoms with Gasteiger partial charge in [-0.1, -0.05) is 17.7 Å². The van der Waals surface area contributed by atoms with E-state index in [1.54, 1.807) is 13.0 Å². The first-order valence-corrected chi connectivity index (χ1v) is 10.3. The van der Waals surface area contributed by atoms with Crippen LogP contribution in [0, 0.1) is 11.6 Å². The lowest BCUT2D eigenvalue weighted by atomic mass is 10.0. The molecule has 9 heteroatoms. The number of esters is 1. The molecule has 0 aliphatic heterocycles. The first-order chi connectivity index (χ1) is 15.8. The molecule has 0 radical (unpaired) electrons. The Hall–Kier alpha value is -3.78. The van der Waals surface area contributed by atoms with Gasteiger partial charge in [0.15, 0.2) is 0 Å². The fraction of sp³-hybridized carbons (Fsp3) is 0.125. The molecule has 0 aliphatic carbocycles. The largest absolute Gasteiger partial charge is 0.462 e. The summed E-state index contributed by atoms with van der Waals surface area (Å²) >= 11 is 6.38. The highest BCUT2D eigenvalue weighted by molar-refractivity contribution is 6.32. The summed E-state index contributed by atoms with van der Waals surface area (Å²) in [7, 11) is 1.46. The van der Waals surface area contributed by atoms with Crippen LogP contribution in [0.3, 0.4) is 0 Å². The fourth-order valence-electron chi connectivity index (χ4n) is 3.42. The number of nitrogens with zero attached hydrogens (tertiary/aromatic N) is 1. The van der Waals surface area contributed by atoms with Crippen molar-refractivity contribution in [2.45, 2.75) is 6.92 Å². The van der Waals surface area contributed by atoms with Gasteiger partial charge in [0.1, 0.15) is 22.5 Å². The Morgan fingerprint density at radius 1 is 1.09 bits per heavy atom. The molecule has 4 rings (SSSR count). The molecule has 0 saturated heterocycles. The maximum absolute atomic E-state index is 14.2. The van der Waals surface area contributed by atoms with Gasteiger partial charge in [0, 0.05) is 18.2 Å². The van der Waals surface area contributed by atoms with Crippen LogP contribution in [0.15, 0.2) is 52.9 Å². The van der Waals surface area contributed by atoms with Gasteiger partial charge in [0.2, 0.25) is 5.71 Å². The first kappa shape index (κ1) is 22.4. The minimum atomic E-state index is -0.810. The van der Waals surface area contributed by atoms with Crippen molar-refractivity contribution in [3.63, 3.8) is 0 Å². The van der Waals surface area contributed by atoms with Crippen molar-refractivity contribution in [3.8, 4) is 22.5 Å². The highest BCUT2D eigenvalue weighted by Crippen LogP contribution is 2.38. The zero-order valence-corrected chi connectivity index (χ0v) is 18.3. The van der Waals surface area contributed by atoms with E-state index in [1.165, 1.54) is 43.4 Å². The summed E-state index contributed by atoms with van der Waals surface area (Å²) in [5, 5.41) is 2.92. The Morgan fingerprint density at radius 3 is 2.45 bits per heavy atom. The number of benzene rings is 2. The second kappa shape index (κ2) is 8.99. The third-order valence-corrected chi connectivity index (χ3v) is 5.26. The number of carbonyl (C=O) groups excluding carboxylic acids is 2. The van der Waals surface area contributed by atoms with Gasteiger partial charge in [-0.2, -0.15) is 0 Å². The molecular formula is C24H17ClF2N2O4. The summed E-state index contributed by atoms with van der Waals surface area (Å²) in [6, 6.07) is 10.9. The summed E-state index contributed by atoms with van der Waals surface area (Å²) in [5.41, 5.74) is 1.23. The van der Waals surface area contributed by atoms with Crippen LogP contribution in [0.4, 0.5) is 8.78 Å². The highest BCUT2D eigenvalue weighted by atomic mass is 35.5. The molecule has 33 heavy (non-hydrogen) atoms. The van der Waals surface area contributed by atoms with Gasteiger partial charge in [0.05, 0.1) is 23.1 Å². The molecule has 2 heterocycles. The Balaban J connectivity index is 1.93. The molecule has 168 valence electrons. The number of carbonyl (C=O) groups is 2. The van der Waals surface area contributed by atoms with Gasteiger partial charge in [-0.05, 0) is 55.0 Å². The number of fused-ring (bicyclic) bond motifs is 1. The van der Waals surface area contributed by atoms with E-state index in [1.807, 2.05) is 0 Å². The summed E-state index contributed by atoms with van der Waals surface area (Å²) in [6.07, 6.45) is 0. The predicted octanol–water partition coefficient (Wildman–Crippen LogP) is 5.63. The van der Waals surface area contributed by atoms with Crippen LogP contribution in [-0.4, -0.2) is 30.5 Å². The van der Waals surface area contributed by atoms with Gasteiger partial charge in [-0.15, -0.1) is 0 Å². The smallest absolute Gasteiger partial charge is 0.341 e. The van der Waals surface area contributed by atoms with Gasteiger partial charge in [-0.3, -0.25) is 4.79 Å². The summed E-state index contributed by atoms with van der Waals surface area (Å²) in [6.45, 7) is 1.71. The maximum Gasteiger partial charge on any atom is 0.341 e. The monoisotopic (exact) mass is 470 g/mol. The maximum atomic E-state index is 14.2. The third kappa shape index (κ3) is 4.17. The predicted molar refractivity (Wildman–Crippen MR) is 119 cm³/mol. The quantitative estimate of drug-likeness (QED) is 0.302. The van der Waals surface area contributed by atoms with E-state index < -0.39 is 23.5 Å². The van der Waals surface area contributed by atoms with Gasteiger partial charge in [-0.25, -0.2) is 18.6 Å². The van der Waals surface area contributed by atoms with Crippen molar-refractivity contribution >= 4 is 34.6 Å². The number of nitrogens with one attached hydrogen (secondary N) is 1. The number of pyridine rings is 1. The highest BCUT2D eigenvalue weighted by Gasteiger charge is 2.24. The summed E-state index contributed by atoms with van der Waals surface area (Å²) in [4.78, 5) is 29.1. The number of hydrogen-bond acceptors (Lipinski definition) is 5. The Kier molecular flexibility index (Phi) is 6.11. The van der Waals surface area contributed by atoms with Gasteiger partial charge < -0.3 is 14.5 Å². The van der Waals surface area contributed by atoms with Crippen molar-refractivity contribution in [3.05, 3.63) is 76.4 Å². The van der Waals surface area contributed by atoms with E-state index in [9.17, 15) is 18.4 Å². The van der Waals surface area contributed by atoms with Crippen LogP contribution in [0.2, 0.25) is 5.15 Å². The molecule has 0 spiro atoms. The number of rotatable bonds is 5. The van der Waals surface area contributed by atoms with Crippen LogP contribution >= 0.6 is 11.6 Å². The van der Waals surface area contributed by atoms with E-state index in [2.05, 4.69) is 10.3 Å². The standard InChI is InChI=1S/C24H17ClF2N2O4/c1-3-32-24(31)16-10-13(6-9-18(16)27)15-11-17-19(22(30)28-2)20(33-23(17)29-21(15)25)12-4-7-14(26)8-5-12/h4-11H,3H2,1-2H3,(H,28,30). The molecule has 6 nitrogen and oxygen atoms in total. The summed E-state index contributed by atoms with van der Waals surface area (Å²) < 4.78 is 38.3. The van der Waals surface area contributed by atoms with Crippen molar-refractivity contribution in [1.82, 2.24) is 10.3 Å². The molecule has 0 aliphatic rings. The number of ether oxygens (including phenoxy) is 1. The second-order valence-corrected chi connectivity index (χ2v) is 7.34. The zero-order chi connectivity index (χ0) is 23.7. The molecule has 2 aromatic carbocycles. The molecule has 0 atom stereocenters. The molecule has 0 saturated carbocycles. The number of aromatic nitrogens is 1. The van der Waals surface area contributed by atoms with Crippen molar-refractivity contribution < 1.29 is 27.5 Å². The number of furan rings is 1. The van der Waals surface area contributed by atoms with Gasteiger partial charge >= 0.3 is 5.97 Å². The lowest BCUT2D eigenvalue weighted by molar-refractivity contribution is 0.0521. The third-order valence-electron chi connectivity index (χ3n) is 4.97. The molecule has 0 bridgehead atoms. The molecule has 4 aromatic rings. The normalized spacial score (nSPS) is 10.9. The molecule has 1 amide bonds. The van der Waals surface area contributed by atoms with E-state index in [-0.39, 0.29) is 34.4 Å². The van der Waals surface area contributed by atoms with E-state index in [0.717, 1.165) is 6.07 Å². The van der Waals surface area contributed by atoms with Crippen molar-refractivity contribution in [2.75, 3.05) is 13.7 Å². The van der Waals surface area contributed by atoms with Crippen LogP contribution < -0.4 is 5.32 Å². The fourth-order valence-corrected chi connectivity index (χ4v) is 3.66. The number of hydrogen-bond donors (Lipinski definition) is 1. The average Bonchev–Trinajstić information content (AvgIpc) is 3.17. The molecule has 1 N–H and O–H groups in total. The SMILES string of the molecule is CCOC(=O)c1cc(-c2cc3c(C(=O)NC)c(-c4ccc(F)cc4)oc3nc2Cl)ccc1F. The molecular weight excluding hydrogens is 454 g/mol. The number of amides is 1. The molecule has 0 fully saturated rings. The second-order valence-electron chi connectivity index (χ2n) is 6.99. The van der Waals surface area contributed by atoms with Crippen LogP contribution in [0.1, 0.15) is 27.6 Å². The topological polar surface area (TPSA) is 81.4 Å². The minimum Gasteiger partial charge on any atom is -0.462 e. The lowest BCUT2D eigenvalue weighted by Crippen LogP contribution is -2.18. The van der Waals surface area contributed by atoms with Gasteiger partial charge in [0.25, 0.3) is 5.91 Å². The summed E-state index contributed by atoms with van der Waals surface area (Å²) in [5.74, 6) is -2.25. The van der Waals surface area contributed by atoms with E-state index in [0.29, 0.717) is 22.1 Å². The zero-order valence-electron chi connectivity index (χ0n) is 17.5. The van der Waals surface area contributed by atoms with Crippen molar-refractivity contribution in [1.29, 1.82) is 0 Å². The minimum absolute atomic E-state index is 0.0202.